The summed E-state index contributed by atoms with van der Waals surface area (Å²) in [6.45, 7) is 0. The number of oxime groups is 1. The van der Waals surface area contributed by atoms with Crippen molar-refractivity contribution in [3.05, 3.63) is 66.4 Å². The van der Waals surface area contributed by atoms with Crippen LogP contribution in [0, 0.1) is 0 Å². The van der Waals surface area contributed by atoms with Crippen LogP contribution in [-0.2, 0) is 9.63 Å². The molecule has 0 spiro atoms. The Kier molecular flexibility index (Phi) is 3.63. The molecule has 24 heavy (non-hydrogen) atoms. The summed E-state index contributed by atoms with van der Waals surface area (Å²) in [4.78, 5) is 26.4. The number of carbonyl (C=O) groups excluding carboxylic acids is 1. The minimum Gasteiger partial charge on any atom is -0.387 e. The fourth-order valence-corrected chi connectivity index (χ4v) is 2.56. The van der Waals surface area contributed by atoms with Gasteiger partial charge in [0, 0.05) is 6.42 Å². The van der Waals surface area contributed by atoms with Crippen molar-refractivity contribution in [3.8, 4) is 0 Å². The number of hydrogen-bond donors (Lipinski definition) is 1. The van der Waals surface area contributed by atoms with Crippen LogP contribution >= 0.6 is 0 Å². The van der Waals surface area contributed by atoms with Crippen LogP contribution in [0.25, 0.3) is 11.0 Å². The predicted molar refractivity (Wildman–Crippen MR) is 90.5 cm³/mol. The smallest absolute Gasteiger partial charge is 0.274 e. The highest BCUT2D eigenvalue weighted by molar-refractivity contribution is 6.43. The molecule has 0 aliphatic carbocycles. The largest absolute Gasteiger partial charge is 0.387 e. The van der Waals surface area contributed by atoms with E-state index in [1.165, 1.54) is 6.20 Å². The van der Waals surface area contributed by atoms with Gasteiger partial charge in [-0.1, -0.05) is 47.6 Å². The van der Waals surface area contributed by atoms with E-state index in [4.69, 9.17) is 4.84 Å². The third-order valence-electron chi connectivity index (χ3n) is 3.79. The zero-order chi connectivity index (χ0) is 16.4. The van der Waals surface area contributed by atoms with Gasteiger partial charge in [-0.15, -0.1) is 0 Å². The number of aromatic nitrogens is 2. The van der Waals surface area contributed by atoms with E-state index in [9.17, 15) is 4.79 Å². The van der Waals surface area contributed by atoms with E-state index in [-0.39, 0.29) is 12.0 Å². The molecule has 1 unspecified atom stereocenters. The summed E-state index contributed by atoms with van der Waals surface area (Å²) in [5, 5.41) is 6.63. The van der Waals surface area contributed by atoms with Crippen molar-refractivity contribution >= 4 is 28.5 Å². The highest BCUT2D eigenvalue weighted by atomic mass is 16.6. The maximum Gasteiger partial charge on any atom is 0.274 e. The predicted octanol–water partition coefficient (Wildman–Crippen LogP) is 3.09. The van der Waals surface area contributed by atoms with E-state index in [2.05, 4.69) is 20.4 Å². The SMILES string of the molecule is O=C(Nc1cnc2ccccc2n1)C1=NOC(c2ccccc2)C1. The number of benzene rings is 2. The van der Waals surface area contributed by atoms with E-state index in [1.54, 1.807) is 0 Å². The molecule has 4 rings (SSSR count). The number of amides is 1. The minimum atomic E-state index is -0.321. The van der Waals surface area contributed by atoms with E-state index in [1.807, 2.05) is 54.6 Å². The molecular weight excluding hydrogens is 304 g/mol. The van der Waals surface area contributed by atoms with Gasteiger partial charge in [-0.05, 0) is 17.7 Å². The molecule has 1 aromatic heterocycles. The van der Waals surface area contributed by atoms with Crippen LogP contribution < -0.4 is 5.32 Å². The van der Waals surface area contributed by atoms with Crippen LogP contribution in [-0.4, -0.2) is 21.6 Å². The van der Waals surface area contributed by atoms with Gasteiger partial charge in [0.25, 0.3) is 5.91 Å². The van der Waals surface area contributed by atoms with Gasteiger partial charge in [0.05, 0.1) is 17.2 Å². The van der Waals surface area contributed by atoms with Gasteiger partial charge in [0.1, 0.15) is 5.71 Å². The molecule has 0 bridgehead atoms. The summed E-state index contributed by atoms with van der Waals surface area (Å²) in [5.41, 5.74) is 2.84. The van der Waals surface area contributed by atoms with E-state index >= 15 is 0 Å². The second-order valence-electron chi connectivity index (χ2n) is 5.44. The van der Waals surface area contributed by atoms with Crippen LogP contribution in [0.15, 0.2) is 65.9 Å². The maximum absolute atomic E-state index is 12.3. The molecule has 0 saturated carbocycles. The molecule has 1 amide bonds. The first-order valence-corrected chi connectivity index (χ1v) is 7.60. The third-order valence-corrected chi connectivity index (χ3v) is 3.79. The van der Waals surface area contributed by atoms with E-state index < -0.39 is 0 Å². The Labute approximate surface area is 138 Å². The molecule has 2 aromatic carbocycles. The Morgan fingerprint density at radius 3 is 2.62 bits per heavy atom. The summed E-state index contributed by atoms with van der Waals surface area (Å²) in [6.07, 6.45) is 1.73. The number of nitrogens with zero attached hydrogens (tertiary/aromatic N) is 3. The average molecular weight is 318 g/mol. The fourth-order valence-electron chi connectivity index (χ4n) is 2.56. The number of para-hydroxylation sites is 2. The van der Waals surface area contributed by atoms with E-state index in [0.29, 0.717) is 18.0 Å². The zero-order valence-corrected chi connectivity index (χ0v) is 12.7. The molecule has 6 heteroatoms. The van der Waals surface area contributed by atoms with Gasteiger partial charge in [-0.25, -0.2) is 4.98 Å². The van der Waals surface area contributed by atoms with Gasteiger partial charge in [-0.2, -0.15) is 0 Å². The lowest BCUT2D eigenvalue weighted by Gasteiger charge is -2.07. The number of hydrogen-bond acceptors (Lipinski definition) is 5. The normalized spacial score (nSPS) is 16.5. The van der Waals surface area contributed by atoms with Gasteiger partial charge >= 0.3 is 0 Å². The van der Waals surface area contributed by atoms with E-state index in [0.717, 1.165) is 16.6 Å². The number of anilines is 1. The third kappa shape index (κ3) is 2.81. The Morgan fingerprint density at radius 2 is 1.79 bits per heavy atom. The molecule has 0 radical (unpaired) electrons. The molecular formula is C18H14N4O2. The average Bonchev–Trinajstić information content (AvgIpc) is 3.13. The quantitative estimate of drug-likeness (QED) is 0.805. The Balaban J connectivity index is 1.46. The fraction of sp³-hybridized carbons (Fsp3) is 0.111. The van der Waals surface area contributed by atoms with Crippen LogP contribution in [0.4, 0.5) is 5.82 Å². The monoisotopic (exact) mass is 318 g/mol. The number of nitrogens with one attached hydrogen (secondary N) is 1. The Hall–Kier alpha value is -3.28. The topological polar surface area (TPSA) is 76.5 Å². The molecule has 118 valence electrons. The van der Waals surface area contributed by atoms with Crippen molar-refractivity contribution < 1.29 is 9.63 Å². The number of fused-ring (bicyclic) bond motifs is 1. The van der Waals surface area contributed by atoms with Crippen molar-refractivity contribution in [3.63, 3.8) is 0 Å². The summed E-state index contributed by atoms with van der Waals surface area (Å²) < 4.78 is 0. The van der Waals surface area contributed by atoms with Crippen molar-refractivity contribution in [2.75, 3.05) is 5.32 Å². The van der Waals surface area contributed by atoms with Crippen molar-refractivity contribution in [2.45, 2.75) is 12.5 Å². The first-order valence-electron chi connectivity index (χ1n) is 7.60. The summed E-state index contributed by atoms with van der Waals surface area (Å²) in [5.74, 6) is 0.0718. The molecule has 2 heterocycles. The lowest BCUT2D eigenvalue weighted by molar-refractivity contribution is -0.110. The van der Waals surface area contributed by atoms with Crippen LogP contribution in [0.2, 0.25) is 0 Å². The van der Waals surface area contributed by atoms with Crippen molar-refractivity contribution in [1.29, 1.82) is 0 Å². The van der Waals surface area contributed by atoms with Crippen LogP contribution in [0.5, 0.6) is 0 Å². The molecule has 1 aliphatic rings. The standard InChI is InChI=1S/C18H14N4O2/c23-18(15-10-16(24-22-15)12-6-2-1-3-7-12)21-17-11-19-13-8-4-5-9-14(13)20-17/h1-9,11,16H,10H2,(H,20,21,23). The van der Waals surface area contributed by atoms with Crippen LogP contribution in [0.3, 0.4) is 0 Å². The van der Waals surface area contributed by atoms with Crippen molar-refractivity contribution in [1.82, 2.24) is 9.97 Å². The molecule has 1 atom stereocenters. The molecule has 1 aliphatic heterocycles. The highest BCUT2D eigenvalue weighted by Gasteiger charge is 2.27. The van der Waals surface area contributed by atoms with Gasteiger partial charge in [0.2, 0.25) is 0 Å². The number of rotatable bonds is 3. The summed E-state index contributed by atoms with van der Waals surface area (Å²) >= 11 is 0. The minimum absolute atomic E-state index is 0.227. The number of carbonyl (C=O) groups is 1. The molecule has 1 N–H and O–H groups in total. The first kappa shape index (κ1) is 14.3. The summed E-state index contributed by atoms with van der Waals surface area (Å²) in [6, 6.07) is 17.2. The van der Waals surface area contributed by atoms with Gasteiger partial charge in [-0.3, -0.25) is 9.78 Å². The lowest BCUT2D eigenvalue weighted by atomic mass is 10.0. The van der Waals surface area contributed by atoms with Gasteiger partial charge in [0.15, 0.2) is 11.9 Å². The van der Waals surface area contributed by atoms with Gasteiger partial charge < -0.3 is 10.2 Å². The highest BCUT2D eigenvalue weighted by Crippen LogP contribution is 2.27. The molecule has 0 fully saturated rings. The molecule has 3 aromatic rings. The first-order chi connectivity index (χ1) is 11.8. The van der Waals surface area contributed by atoms with Crippen molar-refractivity contribution in [2.24, 2.45) is 5.16 Å². The second-order valence-corrected chi connectivity index (χ2v) is 5.44. The summed E-state index contributed by atoms with van der Waals surface area (Å²) in [7, 11) is 0. The maximum atomic E-state index is 12.3. The zero-order valence-electron chi connectivity index (χ0n) is 12.7. The lowest BCUT2D eigenvalue weighted by Crippen LogP contribution is -2.22. The van der Waals surface area contributed by atoms with Crippen LogP contribution in [0.1, 0.15) is 18.1 Å². The molecule has 0 saturated heterocycles. The molecule has 6 nitrogen and oxygen atoms in total. The Bertz CT molecular complexity index is 924. The second kappa shape index (κ2) is 6.08. The Morgan fingerprint density at radius 1 is 1.04 bits per heavy atom.